The predicted octanol–water partition coefficient (Wildman–Crippen LogP) is 1.75. The number of likely N-dealkylation sites (tertiary alicyclic amines) is 1. The SMILES string of the molecule is CCO[C@@H]1CCN(CC(C)C)C1. The molecule has 0 bridgehead atoms. The van der Waals surface area contributed by atoms with Crippen LogP contribution in [0.5, 0.6) is 0 Å². The second-order valence-corrected chi connectivity index (χ2v) is 4.02. The fraction of sp³-hybridized carbons (Fsp3) is 1.00. The van der Waals surface area contributed by atoms with Crippen LogP contribution in [0.1, 0.15) is 27.2 Å². The summed E-state index contributed by atoms with van der Waals surface area (Å²) in [6.45, 7) is 11.1. The molecule has 0 aliphatic carbocycles. The number of hydrogen-bond donors (Lipinski definition) is 0. The summed E-state index contributed by atoms with van der Waals surface area (Å²) in [5.74, 6) is 0.783. The number of hydrogen-bond acceptors (Lipinski definition) is 2. The van der Waals surface area contributed by atoms with E-state index in [1.807, 2.05) is 0 Å². The molecule has 1 aliphatic rings. The first-order chi connectivity index (χ1) is 5.72. The monoisotopic (exact) mass is 171 g/mol. The zero-order valence-corrected chi connectivity index (χ0v) is 8.55. The van der Waals surface area contributed by atoms with Gasteiger partial charge in [-0.3, -0.25) is 0 Å². The third kappa shape index (κ3) is 3.11. The molecule has 0 aromatic heterocycles. The van der Waals surface area contributed by atoms with Crippen molar-refractivity contribution in [1.29, 1.82) is 0 Å². The molecule has 72 valence electrons. The highest BCUT2D eigenvalue weighted by Crippen LogP contribution is 2.13. The fourth-order valence-electron chi connectivity index (χ4n) is 1.85. The van der Waals surface area contributed by atoms with Crippen LogP contribution in [0.15, 0.2) is 0 Å². The Hall–Kier alpha value is -0.0800. The molecule has 1 rings (SSSR count). The van der Waals surface area contributed by atoms with E-state index >= 15 is 0 Å². The van der Waals surface area contributed by atoms with Gasteiger partial charge < -0.3 is 9.64 Å². The molecule has 12 heavy (non-hydrogen) atoms. The van der Waals surface area contributed by atoms with Gasteiger partial charge in [0.1, 0.15) is 0 Å². The Kier molecular flexibility index (Phi) is 4.02. The minimum Gasteiger partial charge on any atom is -0.377 e. The first-order valence-corrected chi connectivity index (χ1v) is 5.06. The highest BCUT2D eigenvalue weighted by Gasteiger charge is 2.22. The van der Waals surface area contributed by atoms with Gasteiger partial charge in [-0.2, -0.15) is 0 Å². The second kappa shape index (κ2) is 4.83. The van der Waals surface area contributed by atoms with Gasteiger partial charge in [0.05, 0.1) is 6.10 Å². The Morgan fingerprint density at radius 2 is 2.25 bits per heavy atom. The summed E-state index contributed by atoms with van der Waals surface area (Å²) in [7, 11) is 0. The third-order valence-electron chi connectivity index (χ3n) is 2.25. The van der Waals surface area contributed by atoms with Gasteiger partial charge in [-0.25, -0.2) is 0 Å². The molecule has 0 amide bonds. The van der Waals surface area contributed by atoms with Crippen LogP contribution in [0.2, 0.25) is 0 Å². The Balaban J connectivity index is 2.16. The van der Waals surface area contributed by atoms with Gasteiger partial charge in [-0.05, 0) is 19.3 Å². The van der Waals surface area contributed by atoms with Crippen LogP contribution in [0.25, 0.3) is 0 Å². The maximum atomic E-state index is 5.57. The molecule has 1 saturated heterocycles. The van der Waals surface area contributed by atoms with Crippen molar-refractivity contribution in [3.8, 4) is 0 Å². The average molecular weight is 171 g/mol. The summed E-state index contributed by atoms with van der Waals surface area (Å²) in [6.07, 6.45) is 1.73. The molecular formula is C10H21NO. The zero-order valence-electron chi connectivity index (χ0n) is 8.55. The molecule has 0 N–H and O–H groups in total. The van der Waals surface area contributed by atoms with Crippen molar-refractivity contribution in [2.75, 3.05) is 26.2 Å². The highest BCUT2D eigenvalue weighted by molar-refractivity contribution is 4.76. The van der Waals surface area contributed by atoms with E-state index in [0.29, 0.717) is 6.10 Å². The normalized spacial score (nSPS) is 25.5. The Morgan fingerprint density at radius 3 is 2.83 bits per heavy atom. The molecule has 0 radical (unpaired) electrons. The van der Waals surface area contributed by atoms with Crippen LogP contribution in [0.3, 0.4) is 0 Å². The van der Waals surface area contributed by atoms with Gasteiger partial charge in [0.15, 0.2) is 0 Å². The number of rotatable bonds is 4. The standard InChI is InChI=1S/C10H21NO/c1-4-12-10-5-6-11(8-10)7-9(2)3/h9-10H,4-8H2,1-3H3/t10-/m1/s1. The molecule has 0 saturated carbocycles. The van der Waals surface area contributed by atoms with Crippen LogP contribution < -0.4 is 0 Å². The van der Waals surface area contributed by atoms with Gasteiger partial charge in [-0.1, -0.05) is 13.8 Å². The quantitative estimate of drug-likeness (QED) is 0.639. The average Bonchev–Trinajstić information content (AvgIpc) is 2.36. The first-order valence-electron chi connectivity index (χ1n) is 5.06. The number of ether oxygens (including phenoxy) is 1. The topological polar surface area (TPSA) is 12.5 Å². The summed E-state index contributed by atoms with van der Waals surface area (Å²) >= 11 is 0. The lowest BCUT2D eigenvalue weighted by Gasteiger charge is -2.17. The van der Waals surface area contributed by atoms with E-state index in [2.05, 4.69) is 25.7 Å². The highest BCUT2D eigenvalue weighted by atomic mass is 16.5. The van der Waals surface area contributed by atoms with Crippen LogP contribution in [-0.2, 0) is 4.74 Å². The molecule has 0 spiro atoms. The van der Waals surface area contributed by atoms with Crippen molar-refractivity contribution < 1.29 is 4.74 Å². The van der Waals surface area contributed by atoms with E-state index in [1.54, 1.807) is 0 Å². The molecule has 1 fully saturated rings. The molecule has 2 heteroatoms. The van der Waals surface area contributed by atoms with Gasteiger partial charge >= 0.3 is 0 Å². The largest absolute Gasteiger partial charge is 0.377 e. The molecule has 0 aromatic rings. The van der Waals surface area contributed by atoms with Crippen molar-refractivity contribution in [2.45, 2.75) is 33.3 Å². The van der Waals surface area contributed by atoms with E-state index in [1.165, 1.54) is 19.5 Å². The summed E-state index contributed by atoms with van der Waals surface area (Å²) in [5, 5.41) is 0. The summed E-state index contributed by atoms with van der Waals surface area (Å²) < 4.78 is 5.57. The van der Waals surface area contributed by atoms with Crippen molar-refractivity contribution in [3.63, 3.8) is 0 Å². The maximum Gasteiger partial charge on any atom is 0.0714 e. The van der Waals surface area contributed by atoms with E-state index in [0.717, 1.165) is 19.1 Å². The molecule has 1 atom stereocenters. The summed E-state index contributed by atoms with van der Waals surface area (Å²) in [5.41, 5.74) is 0. The Morgan fingerprint density at radius 1 is 1.50 bits per heavy atom. The van der Waals surface area contributed by atoms with E-state index in [-0.39, 0.29) is 0 Å². The minimum atomic E-state index is 0.508. The van der Waals surface area contributed by atoms with Crippen LogP contribution in [0.4, 0.5) is 0 Å². The second-order valence-electron chi connectivity index (χ2n) is 4.02. The van der Waals surface area contributed by atoms with Crippen molar-refractivity contribution in [1.82, 2.24) is 4.90 Å². The third-order valence-corrected chi connectivity index (χ3v) is 2.25. The van der Waals surface area contributed by atoms with Crippen LogP contribution in [0, 0.1) is 5.92 Å². The van der Waals surface area contributed by atoms with E-state index in [4.69, 9.17) is 4.74 Å². The Labute approximate surface area is 75.9 Å². The molecule has 0 aromatic carbocycles. The molecule has 1 heterocycles. The van der Waals surface area contributed by atoms with Gasteiger partial charge in [-0.15, -0.1) is 0 Å². The first kappa shape index (κ1) is 10.0. The predicted molar refractivity (Wildman–Crippen MR) is 51.3 cm³/mol. The summed E-state index contributed by atoms with van der Waals surface area (Å²) in [4.78, 5) is 2.50. The minimum absolute atomic E-state index is 0.508. The van der Waals surface area contributed by atoms with Crippen molar-refractivity contribution >= 4 is 0 Å². The van der Waals surface area contributed by atoms with E-state index < -0.39 is 0 Å². The van der Waals surface area contributed by atoms with Crippen LogP contribution in [-0.4, -0.2) is 37.2 Å². The summed E-state index contributed by atoms with van der Waals surface area (Å²) in [6, 6.07) is 0. The lowest BCUT2D eigenvalue weighted by Crippen LogP contribution is -2.27. The molecule has 0 unspecified atom stereocenters. The van der Waals surface area contributed by atoms with Crippen molar-refractivity contribution in [3.05, 3.63) is 0 Å². The van der Waals surface area contributed by atoms with Crippen molar-refractivity contribution in [2.24, 2.45) is 5.92 Å². The van der Waals surface area contributed by atoms with Gasteiger partial charge in [0.25, 0.3) is 0 Å². The number of nitrogens with zero attached hydrogens (tertiary/aromatic N) is 1. The van der Waals surface area contributed by atoms with Gasteiger partial charge in [0.2, 0.25) is 0 Å². The molecular weight excluding hydrogens is 150 g/mol. The lowest BCUT2D eigenvalue weighted by atomic mass is 10.2. The van der Waals surface area contributed by atoms with E-state index in [9.17, 15) is 0 Å². The maximum absolute atomic E-state index is 5.57. The lowest BCUT2D eigenvalue weighted by molar-refractivity contribution is 0.0679. The molecule has 1 aliphatic heterocycles. The molecule has 2 nitrogen and oxygen atoms in total. The zero-order chi connectivity index (χ0) is 8.97. The fourth-order valence-corrected chi connectivity index (χ4v) is 1.85. The Bertz CT molecular complexity index is 125. The van der Waals surface area contributed by atoms with Crippen LogP contribution >= 0.6 is 0 Å². The smallest absolute Gasteiger partial charge is 0.0714 e. The van der Waals surface area contributed by atoms with Gasteiger partial charge in [0, 0.05) is 26.2 Å².